The van der Waals surface area contributed by atoms with Gasteiger partial charge in [0.25, 0.3) is 0 Å². The third-order valence-corrected chi connectivity index (χ3v) is 4.41. The normalized spacial score (nSPS) is 12.5. The van der Waals surface area contributed by atoms with Gasteiger partial charge in [0.15, 0.2) is 0 Å². The van der Waals surface area contributed by atoms with Gasteiger partial charge in [0.1, 0.15) is 11.6 Å². The lowest BCUT2D eigenvalue weighted by molar-refractivity contribution is 0.581. The van der Waals surface area contributed by atoms with Crippen molar-refractivity contribution < 1.29 is 8.78 Å². The highest BCUT2D eigenvalue weighted by Crippen LogP contribution is 2.40. The summed E-state index contributed by atoms with van der Waals surface area (Å²) in [5.74, 6) is -0.971. The zero-order chi connectivity index (χ0) is 14.2. The molecule has 0 spiro atoms. The number of alkyl halides is 1. The fourth-order valence-corrected chi connectivity index (χ4v) is 3.49. The van der Waals surface area contributed by atoms with E-state index in [1.165, 1.54) is 6.92 Å². The van der Waals surface area contributed by atoms with E-state index < -0.39 is 16.5 Å². The van der Waals surface area contributed by atoms with Crippen LogP contribution < -0.4 is 0 Å². The number of benzene rings is 2. The zero-order valence-corrected chi connectivity index (χ0v) is 13.0. The van der Waals surface area contributed by atoms with Crippen molar-refractivity contribution in [1.82, 2.24) is 0 Å². The predicted molar refractivity (Wildman–Crippen MR) is 78.3 cm³/mol. The zero-order valence-electron chi connectivity index (χ0n) is 9.85. The number of hydrogen-bond acceptors (Lipinski definition) is 0. The molecule has 100 valence electrons. The molecule has 0 saturated heterocycles. The van der Waals surface area contributed by atoms with Gasteiger partial charge < -0.3 is 0 Å². The predicted octanol–water partition coefficient (Wildman–Crippen LogP) is 6.06. The van der Waals surface area contributed by atoms with Crippen molar-refractivity contribution in [3.05, 3.63) is 68.7 Å². The maximum atomic E-state index is 13.9. The van der Waals surface area contributed by atoms with Crippen LogP contribution in [0.2, 0.25) is 10.0 Å². The van der Waals surface area contributed by atoms with Crippen molar-refractivity contribution in [2.75, 3.05) is 0 Å². The van der Waals surface area contributed by atoms with E-state index in [0.717, 1.165) is 12.1 Å². The molecule has 1 atom stereocenters. The van der Waals surface area contributed by atoms with Crippen molar-refractivity contribution in [3.63, 3.8) is 0 Å². The Kier molecular flexibility index (Phi) is 4.49. The molecule has 19 heavy (non-hydrogen) atoms. The summed E-state index contributed by atoms with van der Waals surface area (Å²) < 4.78 is 27.5. The summed E-state index contributed by atoms with van der Waals surface area (Å²) in [5, 5.41) is 0.796. The van der Waals surface area contributed by atoms with Gasteiger partial charge in [-0.1, -0.05) is 45.2 Å². The lowest BCUT2D eigenvalue weighted by Crippen LogP contribution is -2.01. The molecule has 0 aliphatic heterocycles. The fraction of sp³-hybridized carbons (Fsp3) is 0.143. The van der Waals surface area contributed by atoms with Crippen LogP contribution in [-0.4, -0.2) is 0 Å². The van der Waals surface area contributed by atoms with E-state index in [4.69, 9.17) is 23.2 Å². The van der Waals surface area contributed by atoms with Gasteiger partial charge in [-0.25, -0.2) is 8.78 Å². The van der Waals surface area contributed by atoms with Crippen molar-refractivity contribution in [3.8, 4) is 0 Å². The van der Waals surface area contributed by atoms with E-state index in [1.54, 1.807) is 18.2 Å². The van der Waals surface area contributed by atoms with Crippen molar-refractivity contribution in [2.24, 2.45) is 0 Å². The summed E-state index contributed by atoms with van der Waals surface area (Å²) in [5.41, 5.74) is 0.942. The summed E-state index contributed by atoms with van der Waals surface area (Å²) >= 11 is 15.5. The second-order valence-electron chi connectivity index (χ2n) is 4.12. The number of halogens is 5. The third-order valence-electron chi connectivity index (χ3n) is 2.80. The van der Waals surface area contributed by atoms with Crippen molar-refractivity contribution in [2.45, 2.75) is 11.8 Å². The molecule has 5 heteroatoms. The Balaban J connectivity index is 2.56. The molecule has 0 saturated carbocycles. The van der Waals surface area contributed by atoms with Crippen LogP contribution in [0.5, 0.6) is 0 Å². The molecule has 0 nitrogen and oxygen atoms in total. The summed E-state index contributed by atoms with van der Waals surface area (Å²) in [6.07, 6.45) is 0. The van der Waals surface area contributed by atoms with E-state index in [1.807, 2.05) is 0 Å². The van der Waals surface area contributed by atoms with Crippen LogP contribution >= 0.6 is 39.1 Å². The minimum atomic E-state index is -0.608. The molecule has 0 heterocycles. The second kappa shape index (κ2) is 5.78. The highest BCUT2D eigenvalue weighted by molar-refractivity contribution is 9.09. The van der Waals surface area contributed by atoms with Gasteiger partial charge in [0.05, 0.1) is 4.83 Å². The van der Waals surface area contributed by atoms with Crippen LogP contribution in [0.15, 0.2) is 30.3 Å². The fourth-order valence-electron chi connectivity index (χ4n) is 1.76. The minimum absolute atomic E-state index is 0.165. The molecule has 0 bridgehead atoms. The van der Waals surface area contributed by atoms with Crippen LogP contribution in [0.3, 0.4) is 0 Å². The minimum Gasteiger partial charge on any atom is -0.207 e. The molecule has 2 rings (SSSR count). The van der Waals surface area contributed by atoms with E-state index in [9.17, 15) is 8.78 Å². The Bertz CT molecular complexity index is 609. The largest absolute Gasteiger partial charge is 0.207 e. The smallest absolute Gasteiger partial charge is 0.128 e. The van der Waals surface area contributed by atoms with Gasteiger partial charge in [-0.3, -0.25) is 0 Å². The Morgan fingerprint density at radius 2 is 1.63 bits per heavy atom. The highest BCUT2D eigenvalue weighted by atomic mass is 79.9. The van der Waals surface area contributed by atoms with Gasteiger partial charge in [0.2, 0.25) is 0 Å². The molecule has 0 aromatic heterocycles. The van der Waals surface area contributed by atoms with Gasteiger partial charge in [-0.2, -0.15) is 0 Å². The van der Waals surface area contributed by atoms with Crippen LogP contribution in [0.25, 0.3) is 0 Å². The molecule has 2 aromatic carbocycles. The van der Waals surface area contributed by atoms with Gasteiger partial charge in [0, 0.05) is 21.2 Å². The standard InChI is InChI=1S/C14H9BrCl2F2/c1-7-5-12(19)8(6-11(7)18)14(15)13-9(16)3-2-4-10(13)17/h2-6,14H,1H3. The van der Waals surface area contributed by atoms with E-state index in [0.29, 0.717) is 15.6 Å². The molecule has 0 radical (unpaired) electrons. The van der Waals surface area contributed by atoms with E-state index in [-0.39, 0.29) is 11.1 Å². The van der Waals surface area contributed by atoms with E-state index in [2.05, 4.69) is 15.9 Å². The molecule has 0 fully saturated rings. The summed E-state index contributed by atoms with van der Waals surface area (Å²) in [4.78, 5) is -0.608. The van der Waals surface area contributed by atoms with E-state index >= 15 is 0 Å². The Labute approximate surface area is 128 Å². The highest BCUT2D eigenvalue weighted by Gasteiger charge is 2.21. The molecule has 0 aliphatic rings. The topological polar surface area (TPSA) is 0 Å². The van der Waals surface area contributed by atoms with Crippen LogP contribution in [0.4, 0.5) is 8.78 Å². The lowest BCUT2D eigenvalue weighted by Gasteiger charge is -2.15. The summed E-state index contributed by atoms with van der Waals surface area (Å²) in [6.45, 7) is 1.51. The first-order valence-electron chi connectivity index (χ1n) is 5.45. The molecule has 1 unspecified atom stereocenters. The quantitative estimate of drug-likeness (QED) is 0.567. The van der Waals surface area contributed by atoms with Crippen molar-refractivity contribution >= 4 is 39.1 Å². The van der Waals surface area contributed by atoms with Crippen LogP contribution in [-0.2, 0) is 0 Å². The number of hydrogen-bond donors (Lipinski definition) is 0. The average Bonchev–Trinajstić information content (AvgIpc) is 2.33. The lowest BCUT2D eigenvalue weighted by atomic mass is 10.0. The maximum absolute atomic E-state index is 13.9. The number of rotatable bonds is 2. The van der Waals surface area contributed by atoms with Gasteiger partial charge in [-0.05, 0) is 36.8 Å². The van der Waals surface area contributed by atoms with Gasteiger partial charge >= 0.3 is 0 Å². The number of aryl methyl sites for hydroxylation is 1. The first-order chi connectivity index (χ1) is 8.91. The first kappa shape index (κ1) is 14.8. The van der Waals surface area contributed by atoms with Crippen molar-refractivity contribution in [1.29, 1.82) is 0 Å². The first-order valence-corrected chi connectivity index (χ1v) is 7.12. The molecular weight excluding hydrogens is 357 g/mol. The Morgan fingerprint density at radius 1 is 1.05 bits per heavy atom. The van der Waals surface area contributed by atoms with Crippen LogP contribution in [0.1, 0.15) is 21.5 Å². The third kappa shape index (κ3) is 2.93. The molecular formula is C14H9BrCl2F2. The summed E-state index contributed by atoms with van der Waals surface area (Å²) in [6, 6.07) is 7.31. The molecule has 0 N–H and O–H groups in total. The average molecular weight is 366 g/mol. The monoisotopic (exact) mass is 364 g/mol. The SMILES string of the molecule is Cc1cc(F)c(C(Br)c2c(Cl)cccc2Cl)cc1F. The molecule has 0 amide bonds. The maximum Gasteiger partial charge on any atom is 0.128 e. The molecule has 0 aliphatic carbocycles. The Hall–Kier alpha value is -0.640. The summed E-state index contributed by atoms with van der Waals surface area (Å²) in [7, 11) is 0. The molecule has 2 aromatic rings. The van der Waals surface area contributed by atoms with Crippen LogP contribution in [0, 0.1) is 18.6 Å². The second-order valence-corrected chi connectivity index (χ2v) is 5.85. The van der Waals surface area contributed by atoms with Gasteiger partial charge in [-0.15, -0.1) is 0 Å². The Morgan fingerprint density at radius 3 is 2.21 bits per heavy atom.